The minimum Gasteiger partial charge on any atom is -0.425 e. The zero-order chi connectivity index (χ0) is 25.8. The Morgan fingerprint density at radius 1 is 1.06 bits per heavy atom. The third kappa shape index (κ3) is 6.00. The van der Waals surface area contributed by atoms with Gasteiger partial charge in [-0.3, -0.25) is 14.4 Å². The van der Waals surface area contributed by atoms with Crippen molar-refractivity contribution in [2.45, 2.75) is 51.9 Å². The van der Waals surface area contributed by atoms with Gasteiger partial charge in [-0.15, -0.1) is 16.4 Å². The van der Waals surface area contributed by atoms with Gasteiger partial charge in [-0.1, -0.05) is 18.0 Å². The van der Waals surface area contributed by atoms with Gasteiger partial charge in [-0.2, -0.15) is 0 Å². The lowest BCUT2D eigenvalue weighted by Gasteiger charge is -2.12. The highest BCUT2D eigenvalue weighted by Gasteiger charge is 2.32. The van der Waals surface area contributed by atoms with E-state index in [0.717, 1.165) is 29.0 Å². The van der Waals surface area contributed by atoms with Gasteiger partial charge in [-0.25, -0.2) is 9.59 Å². The number of halogens is 1. The molecule has 0 bridgehead atoms. The van der Waals surface area contributed by atoms with Crippen LogP contribution in [0.15, 0.2) is 39.5 Å². The number of hydrogen-bond donors (Lipinski definition) is 0. The molecule has 1 saturated heterocycles. The molecule has 0 atom stereocenters. The van der Waals surface area contributed by atoms with Crippen LogP contribution in [0.1, 0.15) is 50.3 Å². The summed E-state index contributed by atoms with van der Waals surface area (Å²) in [5.41, 5.74) is 0.155. The van der Waals surface area contributed by atoms with Crippen molar-refractivity contribution in [3.05, 3.63) is 50.7 Å². The molecule has 2 aromatic heterocycles. The Balaban J connectivity index is 1.31. The Hall–Kier alpha value is -3.50. The third-order valence-electron chi connectivity index (χ3n) is 5.47. The van der Waals surface area contributed by atoms with Gasteiger partial charge in [0.15, 0.2) is 5.75 Å². The summed E-state index contributed by atoms with van der Waals surface area (Å²) >= 11 is 7.67. The van der Waals surface area contributed by atoms with Crippen LogP contribution >= 0.6 is 22.9 Å². The second-order valence-electron chi connectivity index (χ2n) is 8.23. The second kappa shape index (κ2) is 11.0. The van der Waals surface area contributed by atoms with Gasteiger partial charge in [0.2, 0.25) is 0 Å². The van der Waals surface area contributed by atoms with E-state index < -0.39 is 29.4 Å². The van der Waals surface area contributed by atoms with Crippen LogP contribution in [-0.4, -0.2) is 28.8 Å². The van der Waals surface area contributed by atoms with Gasteiger partial charge >= 0.3 is 17.6 Å². The summed E-state index contributed by atoms with van der Waals surface area (Å²) in [6.07, 6.45) is 3.16. The van der Waals surface area contributed by atoms with Crippen LogP contribution in [0, 0.1) is 0 Å². The van der Waals surface area contributed by atoms with Crippen LogP contribution in [-0.2, 0) is 30.4 Å². The quantitative estimate of drug-likeness (QED) is 0.127. The molecule has 3 aromatic rings. The number of aryl methyl sites for hydroxylation is 1. The van der Waals surface area contributed by atoms with E-state index in [1.807, 2.05) is 12.1 Å². The van der Waals surface area contributed by atoms with Crippen molar-refractivity contribution in [1.82, 2.24) is 5.06 Å². The fourth-order valence-corrected chi connectivity index (χ4v) is 5.00. The molecule has 3 heterocycles. The molecule has 188 valence electrons. The van der Waals surface area contributed by atoms with Crippen molar-refractivity contribution in [2.75, 3.05) is 0 Å². The Morgan fingerprint density at radius 2 is 1.81 bits per heavy atom. The largest absolute Gasteiger partial charge is 0.425 e. The van der Waals surface area contributed by atoms with Gasteiger partial charge in [0.25, 0.3) is 11.8 Å². The van der Waals surface area contributed by atoms with Gasteiger partial charge in [0, 0.05) is 47.4 Å². The Kier molecular flexibility index (Phi) is 7.85. The molecule has 0 aliphatic carbocycles. The van der Waals surface area contributed by atoms with Crippen LogP contribution in [0.3, 0.4) is 0 Å². The molecule has 0 spiro atoms. The highest BCUT2D eigenvalue weighted by atomic mass is 35.5. The number of nitrogens with zero attached hydrogens (tertiary/aromatic N) is 1. The molecule has 9 nitrogen and oxygen atoms in total. The van der Waals surface area contributed by atoms with E-state index in [9.17, 15) is 24.0 Å². The lowest BCUT2D eigenvalue weighted by molar-refractivity contribution is -0.197. The van der Waals surface area contributed by atoms with Crippen molar-refractivity contribution in [3.63, 3.8) is 0 Å². The van der Waals surface area contributed by atoms with Crippen molar-refractivity contribution in [2.24, 2.45) is 0 Å². The average Bonchev–Trinajstić information content (AvgIpc) is 3.41. The topological polar surface area (TPSA) is 120 Å². The average molecular weight is 532 g/mol. The molecule has 1 aromatic carbocycles. The molecular formula is C25H22ClNO8S. The van der Waals surface area contributed by atoms with E-state index >= 15 is 0 Å². The lowest BCUT2D eigenvalue weighted by Crippen LogP contribution is -2.31. The molecule has 4 rings (SSSR count). The Bertz CT molecular complexity index is 1390. The van der Waals surface area contributed by atoms with Crippen LogP contribution in [0.2, 0.25) is 5.02 Å². The number of imide groups is 1. The predicted molar refractivity (Wildman–Crippen MR) is 131 cm³/mol. The number of esters is 1. The van der Waals surface area contributed by atoms with E-state index in [1.54, 1.807) is 12.1 Å². The second-order valence-corrected chi connectivity index (χ2v) is 9.81. The first kappa shape index (κ1) is 25.6. The van der Waals surface area contributed by atoms with E-state index in [1.165, 1.54) is 24.3 Å². The third-order valence-corrected chi connectivity index (χ3v) is 6.94. The SMILES string of the molecule is CC(=O)Oc1cc2oc(=O)c(-c3ccc(CCCCCC(=O)ON4C(=O)CCC4=O)s3)cc2cc1Cl. The summed E-state index contributed by atoms with van der Waals surface area (Å²) in [6.45, 7) is 1.25. The molecule has 0 saturated carbocycles. The molecule has 0 N–H and O–H groups in total. The lowest BCUT2D eigenvalue weighted by atomic mass is 10.1. The number of carbonyl (C=O) groups is 4. The zero-order valence-electron chi connectivity index (χ0n) is 19.3. The first-order chi connectivity index (χ1) is 17.2. The minimum absolute atomic E-state index is 0.0702. The van der Waals surface area contributed by atoms with E-state index in [4.69, 9.17) is 25.6 Å². The van der Waals surface area contributed by atoms with Crippen molar-refractivity contribution in [1.29, 1.82) is 0 Å². The summed E-state index contributed by atoms with van der Waals surface area (Å²) in [4.78, 5) is 65.3. The number of thiophene rings is 1. The monoisotopic (exact) mass is 531 g/mol. The summed E-state index contributed by atoms with van der Waals surface area (Å²) < 4.78 is 10.5. The van der Waals surface area contributed by atoms with Crippen LogP contribution < -0.4 is 10.4 Å². The maximum atomic E-state index is 12.6. The molecule has 0 unspecified atom stereocenters. The predicted octanol–water partition coefficient (Wildman–Crippen LogP) is 4.81. The molecule has 0 radical (unpaired) electrons. The van der Waals surface area contributed by atoms with Crippen molar-refractivity contribution in [3.8, 4) is 16.2 Å². The number of hydrogen-bond acceptors (Lipinski definition) is 9. The number of benzene rings is 1. The van der Waals surface area contributed by atoms with Gasteiger partial charge in [0.1, 0.15) is 5.58 Å². The fraction of sp³-hybridized carbons (Fsp3) is 0.320. The summed E-state index contributed by atoms with van der Waals surface area (Å²) in [5.74, 6) is -1.98. The number of rotatable bonds is 9. The number of fused-ring (bicyclic) bond motifs is 1. The normalized spacial score (nSPS) is 13.4. The van der Waals surface area contributed by atoms with Crippen molar-refractivity contribution >= 4 is 57.7 Å². The van der Waals surface area contributed by atoms with E-state index in [-0.39, 0.29) is 35.6 Å². The molecule has 1 fully saturated rings. The summed E-state index contributed by atoms with van der Waals surface area (Å²) in [6, 6.07) is 8.49. The number of ether oxygens (including phenoxy) is 1. The van der Waals surface area contributed by atoms with Crippen LogP contribution in [0.4, 0.5) is 0 Å². The smallest absolute Gasteiger partial charge is 0.345 e. The fourth-order valence-electron chi connectivity index (χ4n) is 3.73. The highest BCUT2D eigenvalue weighted by Crippen LogP contribution is 2.33. The van der Waals surface area contributed by atoms with Gasteiger partial charge in [-0.05, 0) is 43.5 Å². The molecule has 1 aliphatic heterocycles. The Morgan fingerprint density at radius 3 is 2.53 bits per heavy atom. The number of amides is 2. The first-order valence-electron chi connectivity index (χ1n) is 11.3. The molecule has 2 amide bonds. The summed E-state index contributed by atoms with van der Waals surface area (Å²) in [7, 11) is 0. The van der Waals surface area contributed by atoms with Crippen LogP contribution in [0.5, 0.6) is 5.75 Å². The highest BCUT2D eigenvalue weighted by molar-refractivity contribution is 7.15. The first-order valence-corrected chi connectivity index (χ1v) is 12.5. The number of hydroxylamine groups is 2. The zero-order valence-corrected chi connectivity index (χ0v) is 20.9. The standard InChI is InChI=1S/C25H22ClNO8S/c1-14(28)33-20-13-19-15(12-18(20)26)11-17(25(32)34-19)21-8-7-16(36-21)5-3-2-4-6-24(31)35-27-22(29)9-10-23(27)30/h7-8,11-13H,2-6,9-10H2,1H3. The molecular weight excluding hydrogens is 510 g/mol. The van der Waals surface area contributed by atoms with Gasteiger partial charge < -0.3 is 14.0 Å². The van der Waals surface area contributed by atoms with E-state index in [0.29, 0.717) is 22.4 Å². The number of unbranched alkanes of at least 4 members (excludes halogenated alkanes) is 2. The molecule has 11 heteroatoms. The van der Waals surface area contributed by atoms with Gasteiger partial charge in [0.05, 0.1) is 10.6 Å². The summed E-state index contributed by atoms with van der Waals surface area (Å²) in [5, 5.41) is 1.39. The maximum absolute atomic E-state index is 12.6. The van der Waals surface area contributed by atoms with E-state index in [2.05, 4.69) is 0 Å². The molecule has 1 aliphatic rings. The Labute approximate surface area is 214 Å². The van der Waals surface area contributed by atoms with Crippen molar-refractivity contribution < 1.29 is 33.2 Å². The molecule has 36 heavy (non-hydrogen) atoms. The minimum atomic E-state index is -0.597. The number of carbonyl (C=O) groups excluding carboxylic acids is 4. The maximum Gasteiger partial charge on any atom is 0.345 e. The van der Waals surface area contributed by atoms with Crippen LogP contribution in [0.25, 0.3) is 21.4 Å².